The fourth-order valence-corrected chi connectivity index (χ4v) is 5.47. The molecular weight excluding hydrogens is 496 g/mol. The maximum absolute atomic E-state index is 9.85. The third-order valence-electron chi connectivity index (χ3n) is 7.19. The summed E-state index contributed by atoms with van der Waals surface area (Å²) in [5.41, 5.74) is 7.40. The summed E-state index contributed by atoms with van der Waals surface area (Å²) in [6, 6.07) is 36.5. The van der Waals surface area contributed by atoms with E-state index in [1.807, 2.05) is 52.0 Å². The van der Waals surface area contributed by atoms with Crippen LogP contribution in [0, 0.1) is 0 Å². The third-order valence-corrected chi connectivity index (χ3v) is 7.19. The number of benzene rings is 5. The van der Waals surface area contributed by atoms with Crippen molar-refractivity contribution in [2.45, 2.75) is 39.0 Å². The van der Waals surface area contributed by atoms with E-state index in [0.717, 1.165) is 16.7 Å². The predicted octanol–water partition coefficient (Wildman–Crippen LogP) is 8.71. The maximum Gasteiger partial charge on any atom is 0.122 e. The van der Waals surface area contributed by atoms with Gasteiger partial charge in [0.05, 0.1) is 5.41 Å². The fraction of sp³-hybridized carbons (Fsp3) is 0.167. The van der Waals surface area contributed by atoms with Crippen LogP contribution in [0.4, 0.5) is 0 Å². The number of fused-ring (bicyclic) bond motifs is 3. The second-order valence-corrected chi connectivity index (χ2v) is 9.83. The van der Waals surface area contributed by atoms with Crippen molar-refractivity contribution in [3.8, 4) is 34.1 Å². The SMILES string of the molecule is CC.CC(C)c1ccc(O)cc1O.Oc1ccc(C2(c3ccc(O)cc3)c3ccccc3-c3ccccc32)cc1. The average molecular weight is 533 g/mol. The minimum absolute atomic E-state index is 0.104. The molecule has 0 fully saturated rings. The van der Waals surface area contributed by atoms with Crippen LogP contribution in [0.15, 0.2) is 115 Å². The zero-order valence-corrected chi connectivity index (χ0v) is 23.3. The summed E-state index contributed by atoms with van der Waals surface area (Å²) in [6.07, 6.45) is 0. The molecule has 1 aliphatic carbocycles. The molecule has 0 radical (unpaired) electrons. The number of rotatable bonds is 3. The van der Waals surface area contributed by atoms with Crippen LogP contribution in [0.2, 0.25) is 0 Å². The molecule has 1 aliphatic rings. The molecule has 5 aromatic rings. The van der Waals surface area contributed by atoms with Crippen molar-refractivity contribution in [2.24, 2.45) is 0 Å². The van der Waals surface area contributed by atoms with E-state index in [0.29, 0.717) is 0 Å². The molecule has 40 heavy (non-hydrogen) atoms. The molecule has 0 bridgehead atoms. The van der Waals surface area contributed by atoms with Crippen LogP contribution in [-0.4, -0.2) is 20.4 Å². The number of phenols is 4. The summed E-state index contributed by atoms with van der Waals surface area (Å²) in [5, 5.41) is 38.0. The molecule has 0 heterocycles. The Morgan fingerprint density at radius 3 is 1.30 bits per heavy atom. The Balaban J connectivity index is 0.000000240. The molecule has 0 unspecified atom stereocenters. The van der Waals surface area contributed by atoms with Gasteiger partial charge in [-0.15, -0.1) is 0 Å². The van der Waals surface area contributed by atoms with Crippen molar-refractivity contribution in [1.29, 1.82) is 0 Å². The van der Waals surface area contributed by atoms with Gasteiger partial charge < -0.3 is 20.4 Å². The van der Waals surface area contributed by atoms with Crippen LogP contribution in [0.3, 0.4) is 0 Å². The van der Waals surface area contributed by atoms with Crippen molar-refractivity contribution in [3.05, 3.63) is 143 Å². The minimum Gasteiger partial charge on any atom is -0.508 e. The lowest BCUT2D eigenvalue weighted by molar-refractivity contribution is 0.444. The fourth-order valence-electron chi connectivity index (χ4n) is 5.47. The number of hydrogen-bond acceptors (Lipinski definition) is 4. The maximum atomic E-state index is 9.85. The number of phenolic OH excluding ortho intramolecular Hbond substituents is 4. The van der Waals surface area contributed by atoms with E-state index in [-0.39, 0.29) is 28.9 Å². The number of hydrogen-bond donors (Lipinski definition) is 4. The Labute approximate surface area is 236 Å². The molecule has 6 rings (SSSR count). The monoisotopic (exact) mass is 532 g/mol. The Bertz CT molecular complexity index is 1480. The molecule has 0 saturated carbocycles. The molecule has 0 amide bonds. The smallest absolute Gasteiger partial charge is 0.122 e. The van der Waals surface area contributed by atoms with Crippen LogP contribution in [0.25, 0.3) is 11.1 Å². The van der Waals surface area contributed by atoms with Crippen LogP contribution in [0.5, 0.6) is 23.0 Å². The molecule has 4 nitrogen and oxygen atoms in total. The van der Waals surface area contributed by atoms with Crippen molar-refractivity contribution in [1.82, 2.24) is 0 Å². The molecule has 204 valence electrons. The van der Waals surface area contributed by atoms with Crippen molar-refractivity contribution in [3.63, 3.8) is 0 Å². The van der Waals surface area contributed by atoms with Gasteiger partial charge in [-0.2, -0.15) is 0 Å². The first-order valence-corrected chi connectivity index (χ1v) is 13.6. The highest BCUT2D eigenvalue weighted by Gasteiger charge is 2.45. The van der Waals surface area contributed by atoms with Gasteiger partial charge in [-0.05, 0) is 75.2 Å². The first kappa shape index (κ1) is 28.3. The second-order valence-electron chi connectivity index (χ2n) is 9.83. The molecule has 0 aliphatic heterocycles. The lowest BCUT2D eigenvalue weighted by atomic mass is 9.68. The summed E-state index contributed by atoms with van der Waals surface area (Å²) >= 11 is 0. The van der Waals surface area contributed by atoms with Crippen LogP contribution < -0.4 is 0 Å². The zero-order chi connectivity index (χ0) is 28.9. The normalized spacial score (nSPS) is 12.3. The molecule has 4 heteroatoms. The van der Waals surface area contributed by atoms with E-state index >= 15 is 0 Å². The van der Waals surface area contributed by atoms with Crippen molar-refractivity contribution >= 4 is 0 Å². The largest absolute Gasteiger partial charge is 0.508 e. The second kappa shape index (κ2) is 12.0. The summed E-state index contributed by atoms with van der Waals surface area (Å²) < 4.78 is 0. The van der Waals surface area contributed by atoms with Crippen LogP contribution in [0.1, 0.15) is 61.4 Å². The van der Waals surface area contributed by atoms with Gasteiger partial charge in [0.15, 0.2) is 0 Å². The average Bonchev–Trinajstić information content (AvgIpc) is 3.26. The Hall–Kier alpha value is -4.70. The third kappa shape index (κ3) is 5.13. The lowest BCUT2D eigenvalue weighted by Gasteiger charge is -2.33. The van der Waals surface area contributed by atoms with Gasteiger partial charge >= 0.3 is 0 Å². The molecule has 5 aromatic carbocycles. The van der Waals surface area contributed by atoms with E-state index in [2.05, 4.69) is 48.5 Å². The van der Waals surface area contributed by atoms with Gasteiger partial charge in [0, 0.05) is 6.07 Å². The van der Waals surface area contributed by atoms with E-state index < -0.39 is 5.41 Å². The van der Waals surface area contributed by atoms with Gasteiger partial charge in [0.25, 0.3) is 0 Å². The highest BCUT2D eigenvalue weighted by molar-refractivity contribution is 5.86. The van der Waals surface area contributed by atoms with Gasteiger partial charge in [0.1, 0.15) is 23.0 Å². The Kier molecular flexibility index (Phi) is 8.49. The van der Waals surface area contributed by atoms with Gasteiger partial charge in [0.2, 0.25) is 0 Å². The highest BCUT2D eigenvalue weighted by atomic mass is 16.3. The van der Waals surface area contributed by atoms with Gasteiger partial charge in [-0.25, -0.2) is 0 Å². The molecule has 0 saturated heterocycles. The standard InChI is InChI=1S/C25H18O2.C9H12O2.C2H6/c26-19-13-9-17(10-14-19)25(18-11-15-20(27)16-12-18)23-7-3-1-5-21(23)22-6-2-4-8-24(22)25;1-6(2)8-4-3-7(10)5-9(8)11;1-2/h1-16,26-27H;3-6,10-11H,1-2H3;1-2H3. The molecule has 0 spiro atoms. The first-order chi connectivity index (χ1) is 19.3. The first-order valence-electron chi connectivity index (χ1n) is 13.6. The summed E-state index contributed by atoms with van der Waals surface area (Å²) in [6.45, 7) is 7.98. The van der Waals surface area contributed by atoms with E-state index in [1.165, 1.54) is 28.3 Å². The quantitative estimate of drug-likeness (QED) is 0.184. The minimum atomic E-state index is -0.491. The van der Waals surface area contributed by atoms with Gasteiger partial charge in [-0.3, -0.25) is 0 Å². The van der Waals surface area contributed by atoms with Crippen molar-refractivity contribution < 1.29 is 20.4 Å². The van der Waals surface area contributed by atoms with Crippen LogP contribution >= 0.6 is 0 Å². The van der Waals surface area contributed by atoms with E-state index in [1.54, 1.807) is 36.4 Å². The predicted molar refractivity (Wildman–Crippen MR) is 162 cm³/mol. The van der Waals surface area contributed by atoms with E-state index in [9.17, 15) is 15.3 Å². The van der Waals surface area contributed by atoms with Crippen LogP contribution in [-0.2, 0) is 5.41 Å². The molecule has 0 atom stereocenters. The Morgan fingerprint density at radius 1 is 0.500 bits per heavy atom. The van der Waals surface area contributed by atoms with Crippen molar-refractivity contribution in [2.75, 3.05) is 0 Å². The zero-order valence-electron chi connectivity index (χ0n) is 23.3. The lowest BCUT2D eigenvalue weighted by Crippen LogP contribution is -2.28. The summed E-state index contributed by atoms with van der Waals surface area (Å²) in [7, 11) is 0. The molecular formula is C36H36O4. The summed E-state index contributed by atoms with van der Waals surface area (Å²) in [5.74, 6) is 1.06. The van der Waals surface area contributed by atoms with Gasteiger partial charge in [-0.1, -0.05) is 107 Å². The summed E-state index contributed by atoms with van der Waals surface area (Å²) in [4.78, 5) is 0. The van der Waals surface area contributed by atoms with E-state index in [4.69, 9.17) is 5.11 Å². The molecule has 0 aromatic heterocycles. The Morgan fingerprint density at radius 2 is 0.900 bits per heavy atom. The molecule has 4 N–H and O–H groups in total. The highest BCUT2D eigenvalue weighted by Crippen LogP contribution is 2.56. The number of aromatic hydroxyl groups is 4. The topological polar surface area (TPSA) is 80.9 Å².